The van der Waals surface area contributed by atoms with Gasteiger partial charge in [-0.1, -0.05) is 18.2 Å². The monoisotopic (exact) mass is 293 g/mol. The molecule has 0 bridgehead atoms. The second-order valence-corrected chi connectivity index (χ2v) is 4.66. The van der Waals surface area contributed by atoms with Gasteiger partial charge in [0.1, 0.15) is 6.04 Å². The van der Waals surface area contributed by atoms with Gasteiger partial charge in [-0.25, -0.2) is 4.79 Å². The molecule has 1 atom stereocenters. The number of rotatable bonds is 3. The van der Waals surface area contributed by atoms with Crippen LogP contribution in [0.25, 0.3) is 0 Å². The number of hydrogen-bond acceptors (Lipinski definition) is 4. The topological polar surface area (TPSA) is 72.9 Å². The fourth-order valence-corrected chi connectivity index (χ4v) is 2.43. The Morgan fingerprint density at radius 1 is 1.40 bits per heavy atom. The number of anilines is 1. The first-order chi connectivity index (χ1) is 9.57. The molecule has 0 saturated carbocycles. The molecule has 0 aromatic heterocycles. The first-order valence-corrected chi connectivity index (χ1v) is 6.59. The molecule has 1 unspecified atom stereocenters. The Balaban J connectivity index is 2.24. The zero-order valence-corrected chi connectivity index (χ0v) is 11.8. The molecule has 1 aliphatic heterocycles. The van der Waals surface area contributed by atoms with E-state index >= 15 is 0 Å². The lowest BCUT2D eigenvalue weighted by Crippen LogP contribution is -2.46. The van der Waals surface area contributed by atoms with Gasteiger partial charge in [0.15, 0.2) is 5.11 Å². The molecule has 6 nitrogen and oxygen atoms in total. The molecule has 2 N–H and O–H groups in total. The zero-order valence-electron chi connectivity index (χ0n) is 10.9. The van der Waals surface area contributed by atoms with E-state index in [0.29, 0.717) is 5.69 Å². The lowest BCUT2D eigenvalue weighted by atomic mass is 10.2. The quantitative estimate of drug-likeness (QED) is 0.805. The second kappa shape index (κ2) is 5.98. The van der Waals surface area contributed by atoms with E-state index in [1.54, 1.807) is 31.2 Å². The molecule has 7 heteroatoms. The maximum Gasteiger partial charge on any atom is 0.324 e. The van der Waals surface area contributed by atoms with E-state index in [9.17, 15) is 9.59 Å². The average molecular weight is 293 g/mol. The highest BCUT2D eigenvalue weighted by atomic mass is 32.1. The predicted molar refractivity (Wildman–Crippen MR) is 78.3 cm³/mol. The van der Waals surface area contributed by atoms with Crippen LogP contribution >= 0.6 is 12.2 Å². The van der Waals surface area contributed by atoms with Crippen LogP contribution in [-0.2, 0) is 4.79 Å². The van der Waals surface area contributed by atoms with Gasteiger partial charge >= 0.3 is 6.03 Å². The molecule has 3 amide bonds. The smallest absolute Gasteiger partial charge is 0.324 e. The van der Waals surface area contributed by atoms with Gasteiger partial charge in [0.2, 0.25) is 0 Å². The fraction of sp³-hybridized carbons (Fsp3) is 0.308. The minimum atomic E-state index is -0.665. The summed E-state index contributed by atoms with van der Waals surface area (Å²) in [5.41, 5.74) is 0.631. The van der Waals surface area contributed by atoms with Crippen LogP contribution in [0.1, 0.15) is 6.92 Å². The highest BCUT2D eigenvalue weighted by Gasteiger charge is 2.43. The van der Waals surface area contributed by atoms with Crippen molar-refractivity contribution < 1.29 is 14.7 Å². The molecular formula is C13H15N3O3S. The summed E-state index contributed by atoms with van der Waals surface area (Å²) >= 11 is 5.23. The Morgan fingerprint density at radius 2 is 2.05 bits per heavy atom. The largest absolute Gasteiger partial charge is 0.395 e. The van der Waals surface area contributed by atoms with E-state index in [4.69, 9.17) is 17.3 Å². The van der Waals surface area contributed by atoms with Crippen LogP contribution in [0.15, 0.2) is 30.3 Å². The predicted octanol–water partition coefficient (Wildman–Crippen LogP) is 0.710. The summed E-state index contributed by atoms with van der Waals surface area (Å²) < 4.78 is 0. The van der Waals surface area contributed by atoms with Gasteiger partial charge in [-0.3, -0.25) is 14.6 Å². The van der Waals surface area contributed by atoms with Crippen LogP contribution in [0.2, 0.25) is 0 Å². The van der Waals surface area contributed by atoms with Gasteiger partial charge in [0, 0.05) is 6.54 Å². The lowest BCUT2D eigenvalue weighted by molar-refractivity contribution is -0.118. The molecule has 1 saturated heterocycles. The van der Waals surface area contributed by atoms with Crippen LogP contribution in [0, 0.1) is 0 Å². The summed E-state index contributed by atoms with van der Waals surface area (Å²) in [5, 5.41) is 11.4. The SMILES string of the molecule is CC1C(=O)N(c2ccccc2)C(=S)N1C(=O)NCCO. The molecule has 1 aromatic rings. The van der Waals surface area contributed by atoms with Gasteiger partial charge in [-0.2, -0.15) is 0 Å². The Hall–Kier alpha value is -1.99. The number of urea groups is 1. The van der Waals surface area contributed by atoms with Crippen LogP contribution < -0.4 is 10.2 Å². The summed E-state index contributed by atoms with van der Waals surface area (Å²) in [7, 11) is 0. The van der Waals surface area contributed by atoms with Gasteiger partial charge in [-0.15, -0.1) is 0 Å². The van der Waals surface area contributed by atoms with Crippen molar-refractivity contribution in [1.82, 2.24) is 10.2 Å². The lowest BCUT2D eigenvalue weighted by Gasteiger charge is -2.20. The van der Waals surface area contributed by atoms with Crippen molar-refractivity contribution >= 4 is 35.0 Å². The molecule has 0 aliphatic carbocycles. The van der Waals surface area contributed by atoms with E-state index in [1.165, 1.54) is 9.80 Å². The maximum absolute atomic E-state index is 12.3. The maximum atomic E-state index is 12.3. The summed E-state index contributed by atoms with van der Waals surface area (Å²) in [6, 6.07) is 7.79. The molecule has 1 heterocycles. The van der Waals surface area contributed by atoms with Crippen molar-refractivity contribution in [2.45, 2.75) is 13.0 Å². The van der Waals surface area contributed by atoms with Gasteiger partial charge < -0.3 is 10.4 Å². The van der Waals surface area contributed by atoms with Crippen LogP contribution in [0.3, 0.4) is 0 Å². The number of amides is 3. The summed E-state index contributed by atoms with van der Waals surface area (Å²) in [5.74, 6) is -0.250. The number of nitrogens with one attached hydrogen (secondary N) is 1. The van der Waals surface area contributed by atoms with Crippen LogP contribution in [0.4, 0.5) is 10.5 Å². The molecule has 106 valence electrons. The number of carbonyl (C=O) groups is 2. The zero-order chi connectivity index (χ0) is 14.7. The number of aliphatic hydroxyl groups excluding tert-OH is 1. The normalized spacial score (nSPS) is 18.6. The van der Waals surface area contributed by atoms with Gasteiger partial charge in [0.25, 0.3) is 5.91 Å². The summed E-state index contributed by atoms with van der Waals surface area (Å²) in [6.45, 7) is 1.57. The second-order valence-electron chi connectivity index (χ2n) is 4.29. The van der Waals surface area contributed by atoms with E-state index in [0.717, 1.165) is 0 Å². The number of benzene rings is 1. The molecule has 0 radical (unpaired) electrons. The number of para-hydroxylation sites is 1. The minimum Gasteiger partial charge on any atom is -0.395 e. The first-order valence-electron chi connectivity index (χ1n) is 6.19. The fourth-order valence-electron chi connectivity index (χ4n) is 1.99. The first kappa shape index (κ1) is 14.4. The number of aliphatic hydroxyl groups is 1. The Labute approximate surface area is 122 Å². The molecular weight excluding hydrogens is 278 g/mol. The number of thiocarbonyl (C=S) groups is 1. The molecule has 20 heavy (non-hydrogen) atoms. The third-order valence-corrected chi connectivity index (χ3v) is 3.36. The van der Waals surface area contributed by atoms with Crippen LogP contribution in [0.5, 0.6) is 0 Å². The van der Waals surface area contributed by atoms with Gasteiger partial charge in [0.05, 0.1) is 12.3 Å². The third-order valence-electron chi connectivity index (χ3n) is 2.98. The van der Waals surface area contributed by atoms with E-state index in [2.05, 4.69) is 5.32 Å². The van der Waals surface area contributed by atoms with Crippen molar-refractivity contribution in [3.63, 3.8) is 0 Å². The molecule has 0 spiro atoms. The van der Waals surface area contributed by atoms with Crippen molar-refractivity contribution in [2.24, 2.45) is 0 Å². The van der Waals surface area contributed by atoms with Crippen molar-refractivity contribution in [1.29, 1.82) is 0 Å². The highest BCUT2D eigenvalue weighted by Crippen LogP contribution is 2.25. The van der Waals surface area contributed by atoms with E-state index in [1.807, 2.05) is 6.07 Å². The standard InChI is InChI=1S/C13H15N3O3S/c1-9-11(18)16(10-5-3-2-4-6-10)13(20)15(9)12(19)14-7-8-17/h2-6,9,17H,7-8H2,1H3,(H,14,19). The van der Waals surface area contributed by atoms with Gasteiger partial charge in [-0.05, 0) is 31.3 Å². The summed E-state index contributed by atoms with van der Waals surface area (Å²) in [4.78, 5) is 26.8. The third kappa shape index (κ3) is 2.50. The highest BCUT2D eigenvalue weighted by molar-refractivity contribution is 7.80. The van der Waals surface area contributed by atoms with Crippen molar-refractivity contribution in [2.75, 3.05) is 18.1 Å². The van der Waals surface area contributed by atoms with Crippen LogP contribution in [-0.4, -0.2) is 46.3 Å². The summed E-state index contributed by atoms with van der Waals surface area (Å²) in [6.07, 6.45) is 0. The molecule has 1 fully saturated rings. The Morgan fingerprint density at radius 3 is 2.65 bits per heavy atom. The minimum absolute atomic E-state index is 0.115. The van der Waals surface area contributed by atoms with Crippen molar-refractivity contribution in [3.05, 3.63) is 30.3 Å². The number of nitrogens with zero attached hydrogens (tertiary/aromatic N) is 2. The number of carbonyl (C=O) groups excluding carboxylic acids is 2. The molecule has 1 aromatic carbocycles. The average Bonchev–Trinajstić information content (AvgIpc) is 2.68. The Bertz CT molecular complexity index is 535. The van der Waals surface area contributed by atoms with Crippen molar-refractivity contribution in [3.8, 4) is 0 Å². The Kier molecular flexibility index (Phi) is 4.31. The van der Waals surface area contributed by atoms with E-state index in [-0.39, 0.29) is 24.2 Å². The molecule has 1 aliphatic rings. The molecule has 2 rings (SSSR count). The van der Waals surface area contributed by atoms with E-state index < -0.39 is 12.1 Å². The number of hydrogen-bond donors (Lipinski definition) is 2.